The number of aliphatic carboxylic acids is 1. The first-order chi connectivity index (χ1) is 12.5. The lowest BCUT2D eigenvalue weighted by Gasteiger charge is -2.36. The maximum absolute atomic E-state index is 12.1. The van der Waals surface area contributed by atoms with E-state index in [1.165, 1.54) is 0 Å². The minimum atomic E-state index is -1.07. The van der Waals surface area contributed by atoms with E-state index in [4.69, 9.17) is 24.1 Å². The van der Waals surface area contributed by atoms with Crippen LogP contribution in [0.4, 0.5) is 0 Å². The predicted octanol–water partition coefficient (Wildman–Crippen LogP) is 3.50. The molecule has 0 aromatic carbocycles. The van der Waals surface area contributed by atoms with Crippen LogP contribution in [0.15, 0.2) is 0 Å². The number of rotatable bonds is 14. The van der Waals surface area contributed by atoms with Crippen LogP contribution >= 0.6 is 0 Å². The monoisotopic (exact) mass is 374 g/mol. The van der Waals surface area contributed by atoms with Crippen LogP contribution in [0.1, 0.15) is 72.1 Å². The van der Waals surface area contributed by atoms with Gasteiger partial charge in [-0.3, -0.25) is 9.59 Å². The Balaban J connectivity index is 2.64. The first-order valence-electron chi connectivity index (χ1n) is 9.77. The maximum Gasteiger partial charge on any atom is 0.308 e. The van der Waals surface area contributed by atoms with Crippen LogP contribution in [0, 0.1) is 5.92 Å². The van der Waals surface area contributed by atoms with E-state index in [9.17, 15) is 9.59 Å². The van der Waals surface area contributed by atoms with Crippen molar-refractivity contribution in [3.63, 3.8) is 0 Å². The third-order valence-corrected chi connectivity index (χ3v) is 4.42. The van der Waals surface area contributed by atoms with Crippen LogP contribution in [0.5, 0.6) is 0 Å². The second-order valence-corrected chi connectivity index (χ2v) is 6.78. The van der Waals surface area contributed by atoms with Crippen molar-refractivity contribution in [1.29, 1.82) is 0 Å². The standard InChI is InChI=1S/C19H34O7/c1-4-6-12-24-19(25-13-7-5-2)15(3)14-23-18(19)26-17(22)11-9-8-10-16(20)21/h15,18H,4-14H2,1-3H3,(H,20,21). The molecular formula is C19H34O7. The molecule has 0 saturated carbocycles. The molecule has 7 heteroatoms. The molecule has 2 unspecified atom stereocenters. The van der Waals surface area contributed by atoms with E-state index in [0.29, 0.717) is 32.7 Å². The molecule has 2 atom stereocenters. The van der Waals surface area contributed by atoms with Gasteiger partial charge in [-0.1, -0.05) is 33.6 Å². The van der Waals surface area contributed by atoms with Crippen molar-refractivity contribution in [3.05, 3.63) is 0 Å². The van der Waals surface area contributed by atoms with Crippen LogP contribution in [0.2, 0.25) is 0 Å². The van der Waals surface area contributed by atoms with Crippen molar-refractivity contribution in [2.75, 3.05) is 19.8 Å². The summed E-state index contributed by atoms with van der Waals surface area (Å²) in [6, 6.07) is 0. The Hall–Kier alpha value is -1.18. The summed E-state index contributed by atoms with van der Waals surface area (Å²) in [7, 11) is 0. The molecule has 1 fully saturated rings. The molecule has 152 valence electrons. The summed E-state index contributed by atoms with van der Waals surface area (Å²) in [5, 5.41) is 8.64. The summed E-state index contributed by atoms with van der Waals surface area (Å²) < 4.78 is 23.3. The van der Waals surface area contributed by atoms with Gasteiger partial charge in [0.15, 0.2) is 0 Å². The molecule has 1 heterocycles. The number of hydrogen-bond donors (Lipinski definition) is 1. The van der Waals surface area contributed by atoms with Gasteiger partial charge < -0.3 is 24.1 Å². The smallest absolute Gasteiger partial charge is 0.308 e. The van der Waals surface area contributed by atoms with Crippen molar-refractivity contribution < 1.29 is 33.6 Å². The van der Waals surface area contributed by atoms with Crippen LogP contribution in [-0.2, 0) is 28.5 Å². The molecule has 26 heavy (non-hydrogen) atoms. The average Bonchev–Trinajstić information content (AvgIpc) is 2.89. The van der Waals surface area contributed by atoms with Crippen molar-refractivity contribution in [2.24, 2.45) is 5.92 Å². The minimum Gasteiger partial charge on any atom is -0.481 e. The molecule has 0 spiro atoms. The Morgan fingerprint density at radius 3 is 2.15 bits per heavy atom. The zero-order valence-electron chi connectivity index (χ0n) is 16.3. The number of esters is 1. The summed E-state index contributed by atoms with van der Waals surface area (Å²) in [5.41, 5.74) is 0. The maximum atomic E-state index is 12.1. The van der Waals surface area contributed by atoms with Gasteiger partial charge in [-0.2, -0.15) is 0 Å². The minimum absolute atomic E-state index is 0.0500. The lowest BCUT2D eigenvalue weighted by atomic mass is 10.0. The summed E-state index contributed by atoms with van der Waals surface area (Å²) in [6.07, 6.45) is 3.99. The van der Waals surface area contributed by atoms with E-state index in [1.807, 2.05) is 6.92 Å². The number of carbonyl (C=O) groups excluding carboxylic acids is 1. The Morgan fingerprint density at radius 2 is 1.62 bits per heavy atom. The quantitative estimate of drug-likeness (QED) is 0.283. The van der Waals surface area contributed by atoms with Gasteiger partial charge in [-0.05, 0) is 25.7 Å². The van der Waals surface area contributed by atoms with Crippen molar-refractivity contribution >= 4 is 11.9 Å². The Labute approximate surface area is 156 Å². The van der Waals surface area contributed by atoms with Crippen molar-refractivity contribution in [2.45, 2.75) is 84.2 Å². The average molecular weight is 374 g/mol. The molecular weight excluding hydrogens is 340 g/mol. The van der Waals surface area contributed by atoms with Crippen LogP contribution in [-0.4, -0.2) is 48.9 Å². The van der Waals surface area contributed by atoms with Gasteiger partial charge in [0.2, 0.25) is 5.79 Å². The zero-order valence-corrected chi connectivity index (χ0v) is 16.3. The van der Waals surface area contributed by atoms with Gasteiger partial charge in [0.1, 0.15) is 0 Å². The Bertz CT molecular complexity index is 414. The molecule has 0 amide bonds. The van der Waals surface area contributed by atoms with Crippen LogP contribution in [0.3, 0.4) is 0 Å². The highest BCUT2D eigenvalue weighted by atomic mass is 16.8. The fraction of sp³-hybridized carbons (Fsp3) is 0.895. The SMILES string of the molecule is CCCCOC1(OCCCC)C(C)COC1OC(=O)CCCCC(=O)O. The summed E-state index contributed by atoms with van der Waals surface area (Å²) in [4.78, 5) is 22.7. The fourth-order valence-electron chi connectivity index (χ4n) is 2.75. The summed E-state index contributed by atoms with van der Waals surface area (Å²) >= 11 is 0. The molecule has 1 aliphatic heterocycles. The molecule has 1 aliphatic rings. The van der Waals surface area contributed by atoms with Gasteiger partial charge in [0.25, 0.3) is 6.29 Å². The third kappa shape index (κ3) is 7.21. The predicted molar refractivity (Wildman–Crippen MR) is 95.6 cm³/mol. The number of carboxylic acids is 1. The molecule has 0 radical (unpaired) electrons. The highest BCUT2D eigenvalue weighted by Crippen LogP contribution is 2.37. The van der Waals surface area contributed by atoms with Crippen LogP contribution in [0.25, 0.3) is 0 Å². The molecule has 1 rings (SSSR count). The number of carboxylic acid groups (broad SMARTS) is 1. The van der Waals surface area contributed by atoms with Crippen LogP contribution < -0.4 is 0 Å². The second-order valence-electron chi connectivity index (χ2n) is 6.78. The van der Waals surface area contributed by atoms with E-state index in [-0.39, 0.29) is 18.8 Å². The third-order valence-electron chi connectivity index (χ3n) is 4.42. The molecule has 0 aromatic heterocycles. The van der Waals surface area contributed by atoms with E-state index in [0.717, 1.165) is 25.7 Å². The van der Waals surface area contributed by atoms with E-state index in [1.54, 1.807) is 0 Å². The number of unbranched alkanes of at least 4 members (excludes halogenated alkanes) is 3. The highest BCUT2D eigenvalue weighted by molar-refractivity contribution is 5.70. The highest BCUT2D eigenvalue weighted by Gasteiger charge is 2.54. The first-order valence-corrected chi connectivity index (χ1v) is 9.77. The largest absolute Gasteiger partial charge is 0.481 e. The summed E-state index contributed by atoms with van der Waals surface area (Å²) in [6.45, 7) is 7.56. The topological polar surface area (TPSA) is 91.3 Å². The van der Waals surface area contributed by atoms with Gasteiger partial charge in [0, 0.05) is 18.8 Å². The molecule has 7 nitrogen and oxygen atoms in total. The van der Waals surface area contributed by atoms with Gasteiger partial charge in [0.05, 0.1) is 19.8 Å². The molecule has 1 saturated heterocycles. The molecule has 0 bridgehead atoms. The second kappa shape index (κ2) is 12.3. The molecule has 0 aromatic rings. The first kappa shape index (κ1) is 22.9. The number of carbonyl (C=O) groups is 2. The van der Waals surface area contributed by atoms with E-state index < -0.39 is 24.0 Å². The number of hydrogen-bond acceptors (Lipinski definition) is 6. The fourth-order valence-corrected chi connectivity index (χ4v) is 2.75. The number of ether oxygens (including phenoxy) is 4. The van der Waals surface area contributed by atoms with Gasteiger partial charge >= 0.3 is 11.9 Å². The van der Waals surface area contributed by atoms with E-state index in [2.05, 4.69) is 13.8 Å². The normalized spacial score (nSPS) is 21.7. The summed E-state index contributed by atoms with van der Waals surface area (Å²) in [5.74, 6) is -2.40. The van der Waals surface area contributed by atoms with Crippen molar-refractivity contribution in [3.8, 4) is 0 Å². The lowest BCUT2D eigenvalue weighted by Crippen LogP contribution is -2.50. The zero-order chi connectivity index (χ0) is 19.4. The Morgan fingerprint density at radius 1 is 1.04 bits per heavy atom. The molecule has 1 N–H and O–H groups in total. The Kier molecular flexibility index (Phi) is 10.8. The van der Waals surface area contributed by atoms with Gasteiger partial charge in [-0.25, -0.2) is 0 Å². The molecule has 0 aliphatic carbocycles. The van der Waals surface area contributed by atoms with Crippen molar-refractivity contribution in [1.82, 2.24) is 0 Å². The van der Waals surface area contributed by atoms with E-state index >= 15 is 0 Å². The lowest BCUT2D eigenvalue weighted by molar-refractivity contribution is -0.321. The van der Waals surface area contributed by atoms with Gasteiger partial charge in [-0.15, -0.1) is 0 Å².